The van der Waals surface area contributed by atoms with E-state index in [9.17, 15) is 15.0 Å². The largest absolute Gasteiger partial charge is 0.461 e. The Morgan fingerprint density at radius 1 is 1.00 bits per heavy atom. The number of hydrogen-bond donors (Lipinski definition) is 2. The molecule has 0 radical (unpaired) electrons. The number of aliphatic hydroxyl groups is 2. The first-order valence-corrected chi connectivity index (χ1v) is 8.93. The molecule has 1 heterocycles. The fourth-order valence-electron chi connectivity index (χ4n) is 6.28. The zero-order chi connectivity index (χ0) is 15.7. The summed E-state index contributed by atoms with van der Waals surface area (Å²) >= 11 is 0. The van der Waals surface area contributed by atoms with E-state index in [1.165, 1.54) is 0 Å². The maximum absolute atomic E-state index is 12.7. The van der Waals surface area contributed by atoms with Crippen LogP contribution >= 0.6 is 0 Å². The van der Waals surface area contributed by atoms with Crippen LogP contribution < -0.4 is 0 Å². The Kier molecular flexibility index (Phi) is 3.19. The molecule has 4 rings (SSSR count). The van der Waals surface area contributed by atoms with Crippen molar-refractivity contribution in [3.05, 3.63) is 0 Å². The number of fused-ring (bicyclic) bond motifs is 5. The minimum Gasteiger partial charge on any atom is -0.461 e. The lowest BCUT2D eigenvalue weighted by Gasteiger charge is -2.58. The van der Waals surface area contributed by atoms with Gasteiger partial charge in [-0.1, -0.05) is 13.8 Å². The first-order chi connectivity index (χ1) is 10.4. The molecule has 1 aliphatic heterocycles. The van der Waals surface area contributed by atoms with Crippen molar-refractivity contribution in [2.75, 3.05) is 0 Å². The van der Waals surface area contributed by atoms with Gasteiger partial charge in [0.25, 0.3) is 0 Å². The molecular formula is C18H28O4. The third-order valence-corrected chi connectivity index (χ3v) is 7.84. The number of esters is 1. The molecule has 3 aliphatic carbocycles. The van der Waals surface area contributed by atoms with Gasteiger partial charge in [-0.3, -0.25) is 4.79 Å². The molecule has 4 fully saturated rings. The van der Waals surface area contributed by atoms with Crippen molar-refractivity contribution in [3.8, 4) is 0 Å². The zero-order valence-corrected chi connectivity index (χ0v) is 13.6. The van der Waals surface area contributed by atoms with Crippen LogP contribution in [0, 0.1) is 28.6 Å². The molecule has 3 saturated carbocycles. The molecule has 0 bridgehead atoms. The van der Waals surface area contributed by atoms with Crippen molar-refractivity contribution in [1.29, 1.82) is 0 Å². The molecule has 4 aliphatic rings. The fraction of sp³-hybridized carbons (Fsp3) is 0.944. The molecule has 0 aromatic rings. The molecule has 4 heteroatoms. The molecule has 0 aromatic carbocycles. The van der Waals surface area contributed by atoms with Crippen molar-refractivity contribution in [2.24, 2.45) is 28.6 Å². The lowest BCUT2D eigenvalue weighted by molar-refractivity contribution is -0.216. The van der Waals surface area contributed by atoms with Crippen molar-refractivity contribution in [3.63, 3.8) is 0 Å². The highest BCUT2D eigenvalue weighted by molar-refractivity contribution is 5.75. The Balaban J connectivity index is 1.69. The third kappa shape index (κ3) is 1.80. The summed E-state index contributed by atoms with van der Waals surface area (Å²) < 4.78 is 5.84. The summed E-state index contributed by atoms with van der Waals surface area (Å²) in [4.78, 5) is 12.7. The third-order valence-electron chi connectivity index (χ3n) is 7.84. The van der Waals surface area contributed by atoms with E-state index in [2.05, 4.69) is 13.8 Å². The summed E-state index contributed by atoms with van der Waals surface area (Å²) in [6.45, 7) is 4.43. The van der Waals surface area contributed by atoms with E-state index >= 15 is 0 Å². The summed E-state index contributed by atoms with van der Waals surface area (Å²) in [5.41, 5.74) is -0.107. The average Bonchev–Trinajstić information content (AvgIpc) is 2.77. The maximum atomic E-state index is 12.7. The quantitative estimate of drug-likeness (QED) is 0.674. The van der Waals surface area contributed by atoms with E-state index in [-0.39, 0.29) is 46.9 Å². The minimum atomic E-state index is -0.329. The molecule has 0 amide bonds. The van der Waals surface area contributed by atoms with Gasteiger partial charge >= 0.3 is 5.97 Å². The van der Waals surface area contributed by atoms with Crippen LogP contribution in [0.4, 0.5) is 0 Å². The summed E-state index contributed by atoms with van der Waals surface area (Å²) in [5, 5.41) is 20.4. The molecule has 4 nitrogen and oxygen atoms in total. The topological polar surface area (TPSA) is 66.8 Å². The standard InChI is InChI=1S/C18H28O4/c1-17-8-6-12-15(11(17)3-4-13(17)20)16(21)22-14-9-10(19)5-7-18(12,14)2/h10-15,19-20H,3-9H2,1-2H3/t10?,11-,12+,13?,14?,15-,17-,18+/m0/s1. The van der Waals surface area contributed by atoms with E-state index in [4.69, 9.17) is 4.74 Å². The average molecular weight is 308 g/mol. The van der Waals surface area contributed by atoms with Crippen molar-refractivity contribution >= 4 is 5.97 Å². The van der Waals surface area contributed by atoms with Crippen molar-refractivity contribution in [1.82, 2.24) is 0 Å². The Morgan fingerprint density at radius 3 is 2.45 bits per heavy atom. The van der Waals surface area contributed by atoms with Gasteiger partial charge in [0.05, 0.1) is 18.1 Å². The fourth-order valence-corrected chi connectivity index (χ4v) is 6.28. The molecule has 124 valence electrons. The summed E-state index contributed by atoms with van der Waals surface area (Å²) in [5.74, 6) is 0.506. The second-order valence-corrected chi connectivity index (χ2v) is 8.74. The van der Waals surface area contributed by atoms with Gasteiger partial charge in [-0.25, -0.2) is 0 Å². The summed E-state index contributed by atoms with van der Waals surface area (Å²) in [7, 11) is 0. The minimum absolute atomic E-state index is 0.00663. The lowest BCUT2D eigenvalue weighted by Crippen LogP contribution is -2.60. The van der Waals surface area contributed by atoms with Gasteiger partial charge in [-0.15, -0.1) is 0 Å². The van der Waals surface area contributed by atoms with Crippen LogP contribution in [0.1, 0.15) is 58.8 Å². The van der Waals surface area contributed by atoms with Crippen LogP contribution in [0.3, 0.4) is 0 Å². The smallest absolute Gasteiger partial charge is 0.309 e. The summed E-state index contributed by atoms with van der Waals surface area (Å²) in [6.07, 6.45) is 5.40. The van der Waals surface area contributed by atoms with E-state index in [0.717, 1.165) is 38.5 Å². The Hall–Kier alpha value is -0.610. The number of ether oxygens (including phenoxy) is 1. The zero-order valence-electron chi connectivity index (χ0n) is 13.6. The van der Waals surface area contributed by atoms with Gasteiger partial charge in [0, 0.05) is 11.8 Å². The van der Waals surface area contributed by atoms with Gasteiger partial charge in [-0.05, 0) is 55.8 Å². The van der Waals surface area contributed by atoms with Crippen LogP contribution in [0.2, 0.25) is 0 Å². The molecule has 1 saturated heterocycles. The highest BCUT2D eigenvalue weighted by Crippen LogP contribution is 2.63. The predicted octanol–water partition coefficient (Wildman–Crippen LogP) is 2.27. The van der Waals surface area contributed by atoms with Crippen LogP contribution in [0.15, 0.2) is 0 Å². The Morgan fingerprint density at radius 2 is 1.68 bits per heavy atom. The van der Waals surface area contributed by atoms with Crippen LogP contribution in [0.25, 0.3) is 0 Å². The first kappa shape index (κ1) is 14.9. The van der Waals surface area contributed by atoms with Crippen LogP contribution in [-0.4, -0.2) is 34.5 Å². The SMILES string of the molecule is C[C@]12CCC(O)CC1OC(=O)[C@@H]1[C@H]2CC[C@]2(C)C(O)CC[C@@H]12. The normalized spacial score (nSPS) is 57.5. The van der Waals surface area contributed by atoms with Crippen molar-refractivity contribution < 1.29 is 19.7 Å². The number of aliphatic hydroxyl groups excluding tert-OH is 2. The summed E-state index contributed by atoms with van der Waals surface area (Å²) in [6, 6.07) is 0. The predicted molar refractivity (Wildman–Crippen MR) is 80.9 cm³/mol. The first-order valence-electron chi connectivity index (χ1n) is 8.93. The van der Waals surface area contributed by atoms with Crippen LogP contribution in [-0.2, 0) is 9.53 Å². The van der Waals surface area contributed by atoms with Gasteiger partial charge in [0.2, 0.25) is 0 Å². The van der Waals surface area contributed by atoms with Gasteiger partial charge in [-0.2, -0.15) is 0 Å². The lowest BCUT2D eigenvalue weighted by atomic mass is 9.50. The Bertz CT molecular complexity index is 491. The molecule has 2 N–H and O–H groups in total. The maximum Gasteiger partial charge on any atom is 0.309 e. The van der Waals surface area contributed by atoms with Crippen LogP contribution in [0.5, 0.6) is 0 Å². The highest BCUT2D eigenvalue weighted by atomic mass is 16.5. The number of hydrogen-bond acceptors (Lipinski definition) is 4. The van der Waals surface area contributed by atoms with Crippen molar-refractivity contribution in [2.45, 2.75) is 77.1 Å². The highest BCUT2D eigenvalue weighted by Gasteiger charge is 2.63. The van der Waals surface area contributed by atoms with Gasteiger partial charge < -0.3 is 14.9 Å². The van der Waals surface area contributed by atoms with Gasteiger partial charge in [0.15, 0.2) is 0 Å². The number of carbonyl (C=O) groups excluding carboxylic acids is 1. The number of rotatable bonds is 0. The van der Waals surface area contributed by atoms with E-state index < -0.39 is 0 Å². The second kappa shape index (κ2) is 4.70. The monoisotopic (exact) mass is 308 g/mol. The number of carbonyl (C=O) groups is 1. The van der Waals surface area contributed by atoms with E-state index in [1.54, 1.807) is 0 Å². The molecule has 22 heavy (non-hydrogen) atoms. The molecule has 8 atom stereocenters. The second-order valence-electron chi connectivity index (χ2n) is 8.74. The van der Waals surface area contributed by atoms with Gasteiger partial charge in [0.1, 0.15) is 6.10 Å². The molecular weight excluding hydrogens is 280 g/mol. The molecule has 0 aromatic heterocycles. The Labute approximate surface area is 132 Å². The molecule has 3 unspecified atom stereocenters. The molecule has 0 spiro atoms. The van der Waals surface area contributed by atoms with E-state index in [1.807, 2.05) is 0 Å². The van der Waals surface area contributed by atoms with E-state index in [0.29, 0.717) is 12.3 Å².